The number of nitrogens with one attached hydrogen (secondary N) is 2. The van der Waals surface area contributed by atoms with Crippen LogP contribution in [-0.4, -0.2) is 54.1 Å². The van der Waals surface area contributed by atoms with Gasteiger partial charge in [-0.2, -0.15) is 5.01 Å². The number of amides is 4. The van der Waals surface area contributed by atoms with Crippen LogP contribution in [0.2, 0.25) is 0 Å². The van der Waals surface area contributed by atoms with Crippen molar-refractivity contribution in [2.75, 3.05) is 24.6 Å². The molecular formula is C21H28N4O5. The molecule has 1 heterocycles. The molecule has 0 radical (unpaired) electrons. The molecule has 1 aromatic rings. The number of nitrogens with zero attached hydrogens (tertiary/aromatic N) is 2. The van der Waals surface area contributed by atoms with Crippen molar-refractivity contribution in [2.45, 2.75) is 51.5 Å². The van der Waals surface area contributed by atoms with Crippen LogP contribution in [0.25, 0.3) is 0 Å². The largest absolute Gasteiger partial charge is 0.452 e. The quantitative estimate of drug-likeness (QED) is 0.520. The van der Waals surface area contributed by atoms with Crippen molar-refractivity contribution in [2.24, 2.45) is 0 Å². The summed E-state index contributed by atoms with van der Waals surface area (Å²) < 4.78 is 5.03. The van der Waals surface area contributed by atoms with Crippen molar-refractivity contribution in [3.8, 4) is 0 Å². The highest BCUT2D eigenvalue weighted by molar-refractivity contribution is 6.08. The maximum absolute atomic E-state index is 12.6. The van der Waals surface area contributed by atoms with Gasteiger partial charge < -0.3 is 15.0 Å². The maximum atomic E-state index is 12.6. The second-order valence-corrected chi connectivity index (χ2v) is 7.54. The number of ether oxygens (including phenoxy) is 1. The minimum absolute atomic E-state index is 0.315. The summed E-state index contributed by atoms with van der Waals surface area (Å²) in [5.74, 6) is -1.87. The highest BCUT2D eigenvalue weighted by atomic mass is 16.5. The van der Waals surface area contributed by atoms with Crippen molar-refractivity contribution in [1.82, 2.24) is 15.8 Å². The van der Waals surface area contributed by atoms with Crippen LogP contribution in [0.4, 0.5) is 10.5 Å². The Morgan fingerprint density at radius 2 is 1.73 bits per heavy atom. The van der Waals surface area contributed by atoms with Gasteiger partial charge in [0.15, 0.2) is 6.61 Å². The number of imide groups is 1. The predicted molar refractivity (Wildman–Crippen MR) is 110 cm³/mol. The summed E-state index contributed by atoms with van der Waals surface area (Å²) in [6, 6.07) is 6.26. The van der Waals surface area contributed by atoms with E-state index in [9.17, 15) is 19.2 Å². The van der Waals surface area contributed by atoms with Crippen LogP contribution in [-0.2, 0) is 14.3 Å². The minimum atomic E-state index is -0.925. The highest BCUT2D eigenvalue weighted by Gasteiger charge is 2.52. The van der Waals surface area contributed by atoms with E-state index in [0.29, 0.717) is 23.4 Å². The first kappa shape index (κ1) is 21.6. The average molecular weight is 416 g/mol. The zero-order chi connectivity index (χ0) is 21.7. The summed E-state index contributed by atoms with van der Waals surface area (Å²) >= 11 is 0. The van der Waals surface area contributed by atoms with Gasteiger partial charge in [0.2, 0.25) is 0 Å². The molecule has 0 unspecified atom stereocenters. The third kappa shape index (κ3) is 4.39. The first-order chi connectivity index (χ1) is 14.4. The Balaban J connectivity index is 1.52. The Morgan fingerprint density at radius 1 is 1.10 bits per heavy atom. The van der Waals surface area contributed by atoms with Gasteiger partial charge in [0.25, 0.3) is 11.8 Å². The van der Waals surface area contributed by atoms with Crippen LogP contribution in [0.3, 0.4) is 0 Å². The molecular weight excluding hydrogens is 388 g/mol. The average Bonchev–Trinajstić information content (AvgIpc) is 2.97. The monoisotopic (exact) mass is 416 g/mol. The predicted octanol–water partition coefficient (Wildman–Crippen LogP) is 1.98. The van der Waals surface area contributed by atoms with Crippen LogP contribution < -0.4 is 15.6 Å². The van der Waals surface area contributed by atoms with Crippen molar-refractivity contribution >= 4 is 29.5 Å². The zero-order valence-corrected chi connectivity index (χ0v) is 17.4. The summed E-state index contributed by atoms with van der Waals surface area (Å²) in [4.78, 5) is 51.3. The van der Waals surface area contributed by atoms with Gasteiger partial charge in [-0.05, 0) is 51.0 Å². The number of esters is 1. The molecule has 9 nitrogen and oxygen atoms in total. The SMILES string of the molecule is CCN(CC)c1ccc(C(=O)OCC(=O)NN2C(=O)NC3(CCCCC3)C2=O)cc1. The number of carbonyl (C=O) groups excluding carboxylic acids is 4. The lowest BCUT2D eigenvalue weighted by Crippen LogP contribution is -2.51. The van der Waals surface area contributed by atoms with E-state index in [0.717, 1.165) is 38.0 Å². The molecule has 2 fully saturated rings. The van der Waals surface area contributed by atoms with Gasteiger partial charge >= 0.3 is 12.0 Å². The van der Waals surface area contributed by atoms with Gasteiger partial charge in [0.1, 0.15) is 5.54 Å². The number of rotatable bonds is 7. The van der Waals surface area contributed by atoms with E-state index in [1.165, 1.54) is 0 Å². The van der Waals surface area contributed by atoms with Gasteiger partial charge in [-0.3, -0.25) is 15.0 Å². The van der Waals surface area contributed by atoms with Crippen LogP contribution in [0.15, 0.2) is 24.3 Å². The van der Waals surface area contributed by atoms with E-state index in [4.69, 9.17) is 4.74 Å². The van der Waals surface area contributed by atoms with Crippen molar-refractivity contribution in [3.05, 3.63) is 29.8 Å². The summed E-state index contributed by atoms with van der Waals surface area (Å²) in [6.07, 6.45) is 3.82. The second-order valence-electron chi connectivity index (χ2n) is 7.54. The van der Waals surface area contributed by atoms with E-state index < -0.39 is 36.0 Å². The first-order valence-corrected chi connectivity index (χ1v) is 10.4. The molecule has 9 heteroatoms. The molecule has 0 aromatic heterocycles. The Labute approximate surface area is 175 Å². The second kappa shape index (κ2) is 9.15. The standard InChI is InChI=1S/C21H28N4O5/c1-3-24(4-2)16-10-8-15(9-11-16)18(27)30-14-17(26)23-25-19(28)21(22-20(25)29)12-6-5-7-13-21/h8-11H,3-7,12-14H2,1-2H3,(H,22,29)(H,23,26). The number of anilines is 1. The molecule has 2 aliphatic rings. The highest BCUT2D eigenvalue weighted by Crippen LogP contribution is 2.32. The van der Waals surface area contributed by atoms with E-state index >= 15 is 0 Å². The lowest BCUT2D eigenvalue weighted by Gasteiger charge is -2.30. The van der Waals surface area contributed by atoms with Gasteiger partial charge in [-0.1, -0.05) is 19.3 Å². The molecule has 1 aliphatic heterocycles. The molecule has 1 spiro atoms. The van der Waals surface area contributed by atoms with Gasteiger partial charge in [0.05, 0.1) is 5.56 Å². The van der Waals surface area contributed by atoms with E-state index in [-0.39, 0.29) is 0 Å². The van der Waals surface area contributed by atoms with Crippen LogP contribution in [0.5, 0.6) is 0 Å². The lowest BCUT2D eigenvalue weighted by atomic mass is 9.82. The number of urea groups is 1. The maximum Gasteiger partial charge on any atom is 0.344 e. The van der Waals surface area contributed by atoms with Gasteiger partial charge in [0, 0.05) is 18.8 Å². The Hall–Kier alpha value is -3.10. The number of hydrazine groups is 1. The minimum Gasteiger partial charge on any atom is -0.452 e. The summed E-state index contributed by atoms with van der Waals surface area (Å²) in [7, 11) is 0. The van der Waals surface area contributed by atoms with E-state index in [1.54, 1.807) is 12.1 Å². The third-order valence-corrected chi connectivity index (χ3v) is 5.67. The van der Waals surface area contributed by atoms with Crippen molar-refractivity contribution < 1.29 is 23.9 Å². The number of hydrogen-bond acceptors (Lipinski definition) is 6. The molecule has 1 saturated carbocycles. The smallest absolute Gasteiger partial charge is 0.344 e. The Morgan fingerprint density at radius 3 is 2.33 bits per heavy atom. The topological polar surface area (TPSA) is 108 Å². The first-order valence-electron chi connectivity index (χ1n) is 10.4. The van der Waals surface area contributed by atoms with E-state index in [1.807, 2.05) is 26.0 Å². The molecule has 2 N–H and O–H groups in total. The fourth-order valence-corrected chi connectivity index (χ4v) is 3.98. The Bertz CT molecular complexity index is 813. The summed E-state index contributed by atoms with van der Waals surface area (Å²) in [6.45, 7) is 5.20. The zero-order valence-electron chi connectivity index (χ0n) is 17.4. The lowest BCUT2D eigenvalue weighted by molar-refractivity contribution is -0.140. The fourth-order valence-electron chi connectivity index (χ4n) is 3.98. The van der Waals surface area contributed by atoms with Crippen LogP contribution >= 0.6 is 0 Å². The summed E-state index contributed by atoms with van der Waals surface area (Å²) in [5.41, 5.74) is 2.63. The van der Waals surface area contributed by atoms with E-state index in [2.05, 4.69) is 15.6 Å². The normalized spacial score (nSPS) is 17.6. The molecule has 1 aromatic carbocycles. The van der Waals surface area contributed by atoms with Gasteiger partial charge in [-0.15, -0.1) is 0 Å². The molecule has 3 rings (SSSR count). The Kier molecular flexibility index (Phi) is 6.59. The fraction of sp³-hybridized carbons (Fsp3) is 0.524. The van der Waals surface area contributed by atoms with Crippen LogP contribution in [0.1, 0.15) is 56.3 Å². The molecule has 30 heavy (non-hydrogen) atoms. The number of carbonyl (C=O) groups is 4. The summed E-state index contributed by atoms with van der Waals surface area (Å²) in [5, 5.41) is 3.39. The molecule has 0 bridgehead atoms. The molecule has 0 atom stereocenters. The molecule has 1 aliphatic carbocycles. The molecule has 4 amide bonds. The third-order valence-electron chi connectivity index (χ3n) is 5.67. The van der Waals surface area contributed by atoms with Gasteiger partial charge in [-0.25, -0.2) is 9.59 Å². The van der Waals surface area contributed by atoms with Crippen molar-refractivity contribution in [1.29, 1.82) is 0 Å². The number of hydrogen-bond donors (Lipinski definition) is 2. The molecule has 162 valence electrons. The number of benzene rings is 1. The van der Waals surface area contributed by atoms with Crippen LogP contribution in [0, 0.1) is 0 Å². The molecule has 1 saturated heterocycles. The van der Waals surface area contributed by atoms with Crippen molar-refractivity contribution in [3.63, 3.8) is 0 Å².